The molecule has 0 unspecified atom stereocenters. The van der Waals surface area contributed by atoms with Crippen LogP contribution in [-0.2, 0) is 11.2 Å². The minimum Gasteiger partial charge on any atom is -0.495 e. The van der Waals surface area contributed by atoms with E-state index in [0.717, 1.165) is 11.3 Å². The molecule has 94 valence electrons. The zero-order chi connectivity index (χ0) is 13.1. The molecule has 0 saturated heterocycles. The van der Waals surface area contributed by atoms with Gasteiger partial charge in [0.15, 0.2) is 0 Å². The van der Waals surface area contributed by atoms with E-state index in [2.05, 4.69) is 9.97 Å². The van der Waals surface area contributed by atoms with Gasteiger partial charge in [-0.05, 0) is 25.1 Å². The maximum absolute atomic E-state index is 11.0. The summed E-state index contributed by atoms with van der Waals surface area (Å²) in [4.78, 5) is 18.2. The third kappa shape index (κ3) is 2.71. The molecule has 2 rings (SSSR count). The number of hydrogen-bond donors (Lipinski definition) is 1. The van der Waals surface area contributed by atoms with Gasteiger partial charge in [-0.2, -0.15) is 0 Å². The standard InChI is InChI=1S/C13H13ClN2O2/c1-8(17)5-13-15-7-11(16-13)9-3-4-12(18-2)10(14)6-9/h3-4,6-7H,5H2,1-2H3,(H,15,16). The Morgan fingerprint density at radius 2 is 2.28 bits per heavy atom. The molecule has 0 aliphatic heterocycles. The van der Waals surface area contributed by atoms with E-state index < -0.39 is 0 Å². The van der Waals surface area contributed by atoms with Crippen LogP contribution in [0.2, 0.25) is 5.02 Å². The number of imidazole rings is 1. The van der Waals surface area contributed by atoms with Crippen LogP contribution >= 0.6 is 11.6 Å². The van der Waals surface area contributed by atoms with Crippen LogP contribution in [0.4, 0.5) is 0 Å². The van der Waals surface area contributed by atoms with Crippen LogP contribution in [0.3, 0.4) is 0 Å². The van der Waals surface area contributed by atoms with Crippen molar-refractivity contribution in [1.29, 1.82) is 0 Å². The molecule has 0 saturated carbocycles. The van der Waals surface area contributed by atoms with Crippen LogP contribution in [0.1, 0.15) is 12.7 Å². The predicted molar refractivity (Wildman–Crippen MR) is 70.0 cm³/mol. The van der Waals surface area contributed by atoms with Crippen molar-refractivity contribution in [3.8, 4) is 17.0 Å². The van der Waals surface area contributed by atoms with Crippen LogP contribution in [0.5, 0.6) is 5.75 Å². The number of aromatic nitrogens is 2. The summed E-state index contributed by atoms with van der Waals surface area (Å²) in [6, 6.07) is 5.48. The summed E-state index contributed by atoms with van der Waals surface area (Å²) >= 11 is 6.06. The Labute approximate surface area is 110 Å². The van der Waals surface area contributed by atoms with E-state index >= 15 is 0 Å². The van der Waals surface area contributed by atoms with Gasteiger partial charge in [0.1, 0.15) is 17.4 Å². The topological polar surface area (TPSA) is 55.0 Å². The number of hydrogen-bond acceptors (Lipinski definition) is 3. The summed E-state index contributed by atoms with van der Waals surface area (Å²) in [5, 5.41) is 0.540. The Morgan fingerprint density at radius 1 is 1.50 bits per heavy atom. The number of aromatic amines is 1. The Morgan fingerprint density at radius 3 is 2.89 bits per heavy atom. The highest BCUT2D eigenvalue weighted by Crippen LogP contribution is 2.29. The molecule has 2 aromatic rings. The molecule has 5 heteroatoms. The Kier molecular flexibility index (Phi) is 3.67. The molecule has 0 bridgehead atoms. The van der Waals surface area contributed by atoms with E-state index in [0.29, 0.717) is 23.0 Å². The quantitative estimate of drug-likeness (QED) is 0.924. The fraction of sp³-hybridized carbons (Fsp3) is 0.231. The van der Waals surface area contributed by atoms with Crippen molar-refractivity contribution in [3.05, 3.63) is 35.2 Å². The first-order chi connectivity index (χ1) is 8.60. The zero-order valence-corrected chi connectivity index (χ0v) is 10.9. The monoisotopic (exact) mass is 264 g/mol. The van der Waals surface area contributed by atoms with Crippen molar-refractivity contribution >= 4 is 17.4 Å². The highest BCUT2D eigenvalue weighted by atomic mass is 35.5. The van der Waals surface area contributed by atoms with Crippen molar-refractivity contribution in [3.63, 3.8) is 0 Å². The van der Waals surface area contributed by atoms with E-state index in [1.807, 2.05) is 6.07 Å². The molecule has 0 radical (unpaired) electrons. The number of Topliss-reactive ketones (excluding diaryl/α,β-unsaturated/α-hetero) is 1. The van der Waals surface area contributed by atoms with E-state index in [9.17, 15) is 4.79 Å². The fourth-order valence-electron chi connectivity index (χ4n) is 1.67. The molecule has 0 aliphatic carbocycles. The highest BCUT2D eigenvalue weighted by molar-refractivity contribution is 6.32. The Bertz CT molecular complexity index is 578. The van der Waals surface area contributed by atoms with Crippen LogP contribution < -0.4 is 4.74 Å². The number of ketones is 1. The average Bonchev–Trinajstić information content (AvgIpc) is 2.76. The Balaban J connectivity index is 2.28. The largest absolute Gasteiger partial charge is 0.495 e. The summed E-state index contributed by atoms with van der Waals surface area (Å²) in [5.74, 6) is 1.36. The minimum atomic E-state index is 0.0728. The van der Waals surface area contributed by atoms with E-state index in [-0.39, 0.29) is 5.78 Å². The second kappa shape index (κ2) is 5.23. The average molecular weight is 265 g/mol. The van der Waals surface area contributed by atoms with Gasteiger partial charge in [0, 0.05) is 5.56 Å². The summed E-state index contributed by atoms with van der Waals surface area (Å²) in [7, 11) is 1.57. The number of carbonyl (C=O) groups is 1. The lowest BCUT2D eigenvalue weighted by atomic mass is 10.1. The normalized spacial score (nSPS) is 10.4. The number of methoxy groups -OCH3 is 1. The molecule has 1 heterocycles. The minimum absolute atomic E-state index is 0.0728. The van der Waals surface area contributed by atoms with E-state index in [1.54, 1.807) is 25.4 Å². The molecule has 1 N–H and O–H groups in total. The molecule has 4 nitrogen and oxygen atoms in total. The number of carbonyl (C=O) groups excluding carboxylic acids is 1. The van der Waals surface area contributed by atoms with Crippen molar-refractivity contribution in [1.82, 2.24) is 9.97 Å². The summed E-state index contributed by atoms with van der Waals surface area (Å²) in [5.41, 5.74) is 1.74. The lowest BCUT2D eigenvalue weighted by Gasteiger charge is -2.04. The molecule has 18 heavy (non-hydrogen) atoms. The number of nitrogens with zero attached hydrogens (tertiary/aromatic N) is 1. The smallest absolute Gasteiger partial charge is 0.137 e. The van der Waals surface area contributed by atoms with Crippen molar-refractivity contribution in [2.24, 2.45) is 0 Å². The van der Waals surface area contributed by atoms with Crippen LogP contribution in [0.15, 0.2) is 24.4 Å². The van der Waals surface area contributed by atoms with E-state index in [1.165, 1.54) is 6.92 Å². The highest BCUT2D eigenvalue weighted by Gasteiger charge is 2.07. The summed E-state index contributed by atoms with van der Waals surface area (Å²) in [6.07, 6.45) is 2.00. The zero-order valence-electron chi connectivity index (χ0n) is 10.2. The van der Waals surface area contributed by atoms with Gasteiger partial charge in [0.2, 0.25) is 0 Å². The first kappa shape index (κ1) is 12.6. The fourth-order valence-corrected chi connectivity index (χ4v) is 1.93. The van der Waals surface area contributed by atoms with Gasteiger partial charge in [-0.1, -0.05) is 11.6 Å². The first-order valence-corrected chi connectivity index (χ1v) is 5.85. The van der Waals surface area contributed by atoms with Crippen LogP contribution in [-0.4, -0.2) is 22.9 Å². The predicted octanol–water partition coefficient (Wildman–Crippen LogP) is 2.87. The number of rotatable bonds is 4. The second-order valence-corrected chi connectivity index (χ2v) is 4.38. The van der Waals surface area contributed by atoms with Gasteiger partial charge < -0.3 is 9.72 Å². The number of ether oxygens (including phenoxy) is 1. The number of benzene rings is 1. The van der Waals surface area contributed by atoms with Gasteiger partial charge in [-0.25, -0.2) is 4.98 Å². The van der Waals surface area contributed by atoms with Crippen molar-refractivity contribution in [2.75, 3.05) is 7.11 Å². The molecule has 0 aliphatic rings. The second-order valence-electron chi connectivity index (χ2n) is 3.97. The molecule has 0 spiro atoms. The maximum Gasteiger partial charge on any atom is 0.137 e. The lowest BCUT2D eigenvalue weighted by molar-refractivity contribution is -0.116. The summed E-state index contributed by atoms with van der Waals surface area (Å²) in [6.45, 7) is 1.53. The van der Waals surface area contributed by atoms with Gasteiger partial charge in [-0.15, -0.1) is 0 Å². The van der Waals surface area contributed by atoms with Gasteiger partial charge >= 0.3 is 0 Å². The first-order valence-electron chi connectivity index (χ1n) is 5.47. The molecule has 0 fully saturated rings. The van der Waals surface area contributed by atoms with Crippen LogP contribution in [0.25, 0.3) is 11.3 Å². The van der Waals surface area contributed by atoms with Crippen molar-refractivity contribution in [2.45, 2.75) is 13.3 Å². The van der Waals surface area contributed by atoms with E-state index in [4.69, 9.17) is 16.3 Å². The van der Waals surface area contributed by atoms with Crippen LogP contribution in [0, 0.1) is 0 Å². The summed E-state index contributed by atoms with van der Waals surface area (Å²) < 4.78 is 5.09. The lowest BCUT2D eigenvalue weighted by Crippen LogP contribution is -1.97. The van der Waals surface area contributed by atoms with Crippen molar-refractivity contribution < 1.29 is 9.53 Å². The Hall–Kier alpha value is -1.81. The molecule has 0 amide bonds. The third-order valence-corrected chi connectivity index (χ3v) is 2.80. The maximum atomic E-state index is 11.0. The molecule has 0 atom stereocenters. The SMILES string of the molecule is COc1ccc(-c2cnc(CC(C)=O)[nH]2)cc1Cl. The van der Waals surface area contributed by atoms with Gasteiger partial charge in [0.05, 0.1) is 30.4 Å². The number of H-pyrrole nitrogens is 1. The molecule has 1 aromatic heterocycles. The molecular formula is C13H13ClN2O2. The molecular weight excluding hydrogens is 252 g/mol. The van der Waals surface area contributed by atoms with Gasteiger partial charge in [-0.3, -0.25) is 4.79 Å². The molecule has 1 aromatic carbocycles. The van der Waals surface area contributed by atoms with Gasteiger partial charge in [0.25, 0.3) is 0 Å². The third-order valence-electron chi connectivity index (χ3n) is 2.51. The number of halogens is 1. The number of nitrogens with one attached hydrogen (secondary N) is 1.